The first-order chi connectivity index (χ1) is 13.3. The Bertz CT molecular complexity index is 1010. The molecule has 2 aromatic rings. The van der Waals surface area contributed by atoms with E-state index in [4.69, 9.17) is 21.1 Å². The molecule has 6 nitrogen and oxygen atoms in total. The summed E-state index contributed by atoms with van der Waals surface area (Å²) < 4.78 is 38.6. The molecule has 0 atom stereocenters. The predicted octanol–water partition coefficient (Wildman–Crippen LogP) is 3.54. The van der Waals surface area contributed by atoms with Crippen LogP contribution in [0.5, 0.6) is 11.5 Å². The number of hydrogen-bond acceptors (Lipinski definition) is 5. The van der Waals surface area contributed by atoms with Crippen LogP contribution in [0.15, 0.2) is 47.4 Å². The molecule has 4 rings (SSSR count). The van der Waals surface area contributed by atoms with Crippen LogP contribution >= 0.6 is 11.6 Å². The summed E-state index contributed by atoms with van der Waals surface area (Å²) in [6.45, 7) is 0.578. The van der Waals surface area contributed by atoms with Gasteiger partial charge in [0.25, 0.3) is 0 Å². The summed E-state index contributed by atoms with van der Waals surface area (Å²) >= 11 is 5.86. The quantitative estimate of drug-likeness (QED) is 0.757. The molecular formula is C20H20ClNO5S. The standard InChI is InChI=1S/C20H20ClNO5S/c1-26-15-4-7-17-18(23)13-20(27-19(17)12-15)8-10-22(11-9-20)28(24,25)16-5-2-14(21)3-6-16/h2-7,12H,8-11,13H2,1H3. The van der Waals surface area contributed by atoms with Crippen molar-refractivity contribution in [2.45, 2.75) is 29.8 Å². The first kappa shape index (κ1) is 19.2. The van der Waals surface area contributed by atoms with Crippen LogP contribution in [0.2, 0.25) is 5.02 Å². The summed E-state index contributed by atoms with van der Waals surface area (Å²) in [6.07, 6.45) is 1.14. The Morgan fingerprint density at radius 2 is 1.79 bits per heavy atom. The number of hydrogen-bond donors (Lipinski definition) is 0. The van der Waals surface area contributed by atoms with Gasteiger partial charge in [0.05, 0.1) is 24.0 Å². The maximum Gasteiger partial charge on any atom is 0.243 e. The number of carbonyl (C=O) groups is 1. The van der Waals surface area contributed by atoms with Crippen molar-refractivity contribution >= 4 is 27.4 Å². The van der Waals surface area contributed by atoms with Crippen LogP contribution in [0.4, 0.5) is 0 Å². The van der Waals surface area contributed by atoms with Crippen molar-refractivity contribution in [1.29, 1.82) is 0 Å². The Morgan fingerprint density at radius 3 is 2.43 bits per heavy atom. The number of rotatable bonds is 3. The molecule has 0 saturated carbocycles. The molecular weight excluding hydrogens is 402 g/mol. The molecule has 1 fully saturated rings. The number of benzene rings is 2. The lowest BCUT2D eigenvalue weighted by atomic mass is 9.83. The Labute approximate surface area is 169 Å². The summed E-state index contributed by atoms with van der Waals surface area (Å²) in [5.74, 6) is 1.13. The normalized spacial score (nSPS) is 19.1. The number of sulfonamides is 1. The van der Waals surface area contributed by atoms with Gasteiger partial charge in [-0.25, -0.2) is 8.42 Å². The van der Waals surface area contributed by atoms with Crippen molar-refractivity contribution in [3.63, 3.8) is 0 Å². The zero-order chi connectivity index (χ0) is 19.9. The second-order valence-electron chi connectivity index (χ2n) is 7.11. The van der Waals surface area contributed by atoms with Gasteiger partial charge >= 0.3 is 0 Å². The van der Waals surface area contributed by atoms with Crippen molar-refractivity contribution in [3.8, 4) is 11.5 Å². The van der Waals surface area contributed by atoms with Gasteiger partial charge in [-0.3, -0.25) is 4.79 Å². The predicted molar refractivity (Wildman–Crippen MR) is 105 cm³/mol. The van der Waals surface area contributed by atoms with E-state index < -0.39 is 15.6 Å². The molecule has 2 aliphatic heterocycles. The summed E-state index contributed by atoms with van der Waals surface area (Å²) in [5, 5.41) is 0.486. The summed E-state index contributed by atoms with van der Waals surface area (Å²) in [6, 6.07) is 11.3. The molecule has 28 heavy (non-hydrogen) atoms. The summed E-state index contributed by atoms with van der Waals surface area (Å²) in [5.41, 5.74) is -0.134. The lowest BCUT2D eigenvalue weighted by Gasteiger charge is -2.43. The van der Waals surface area contributed by atoms with E-state index >= 15 is 0 Å². The zero-order valence-corrected chi connectivity index (χ0v) is 16.9. The van der Waals surface area contributed by atoms with Gasteiger partial charge in [-0.15, -0.1) is 0 Å². The average Bonchev–Trinajstić information content (AvgIpc) is 2.68. The fourth-order valence-electron chi connectivity index (χ4n) is 3.77. The first-order valence-corrected chi connectivity index (χ1v) is 10.8. The molecule has 2 heterocycles. The van der Waals surface area contributed by atoms with Crippen LogP contribution in [0.25, 0.3) is 0 Å². The fraction of sp³-hybridized carbons (Fsp3) is 0.350. The van der Waals surface area contributed by atoms with Crippen molar-refractivity contribution in [1.82, 2.24) is 4.31 Å². The minimum atomic E-state index is -3.60. The molecule has 2 aromatic carbocycles. The van der Waals surface area contributed by atoms with Crippen molar-refractivity contribution in [2.24, 2.45) is 0 Å². The van der Waals surface area contributed by atoms with Gasteiger partial charge in [0.15, 0.2) is 5.78 Å². The highest BCUT2D eigenvalue weighted by molar-refractivity contribution is 7.89. The van der Waals surface area contributed by atoms with Gasteiger partial charge in [0.1, 0.15) is 17.1 Å². The van der Waals surface area contributed by atoms with E-state index in [1.54, 1.807) is 37.4 Å². The SMILES string of the molecule is COc1ccc2c(c1)OC1(CCN(S(=O)(=O)c3ccc(Cl)cc3)CC1)CC2=O. The second kappa shape index (κ2) is 7.06. The second-order valence-corrected chi connectivity index (χ2v) is 9.48. The molecule has 1 saturated heterocycles. The fourth-order valence-corrected chi connectivity index (χ4v) is 5.34. The van der Waals surface area contributed by atoms with Crippen LogP contribution in [-0.4, -0.2) is 44.3 Å². The third kappa shape index (κ3) is 3.38. The van der Waals surface area contributed by atoms with E-state index in [9.17, 15) is 13.2 Å². The highest BCUT2D eigenvalue weighted by atomic mass is 35.5. The molecule has 0 amide bonds. The molecule has 8 heteroatoms. The number of ether oxygens (including phenoxy) is 2. The van der Waals surface area contributed by atoms with Gasteiger partial charge < -0.3 is 9.47 Å². The van der Waals surface area contributed by atoms with Crippen molar-refractivity contribution in [2.75, 3.05) is 20.2 Å². The lowest BCUT2D eigenvalue weighted by Crippen LogP contribution is -2.52. The molecule has 0 aliphatic carbocycles. The maximum absolute atomic E-state index is 12.9. The number of fused-ring (bicyclic) bond motifs is 1. The average molecular weight is 422 g/mol. The third-order valence-corrected chi connectivity index (χ3v) is 7.55. The molecule has 0 bridgehead atoms. The Hall–Kier alpha value is -2.09. The van der Waals surface area contributed by atoms with Crippen LogP contribution in [0.3, 0.4) is 0 Å². The first-order valence-electron chi connectivity index (χ1n) is 8.99. The molecule has 2 aliphatic rings. The van der Waals surface area contributed by atoms with E-state index in [2.05, 4.69) is 0 Å². The molecule has 0 unspecified atom stereocenters. The van der Waals surface area contributed by atoms with Gasteiger partial charge in [0, 0.05) is 37.0 Å². The number of piperidine rings is 1. The number of carbonyl (C=O) groups excluding carboxylic acids is 1. The van der Waals surface area contributed by atoms with Gasteiger partial charge in [-0.1, -0.05) is 11.6 Å². The number of methoxy groups -OCH3 is 1. The molecule has 148 valence electrons. The maximum atomic E-state index is 12.9. The molecule has 0 radical (unpaired) electrons. The van der Waals surface area contributed by atoms with Crippen LogP contribution in [0.1, 0.15) is 29.6 Å². The number of ketones is 1. The number of halogens is 1. The highest BCUT2D eigenvalue weighted by Crippen LogP contribution is 2.41. The lowest BCUT2D eigenvalue weighted by molar-refractivity contribution is 0.00578. The minimum absolute atomic E-state index is 0.0120. The van der Waals surface area contributed by atoms with Crippen molar-refractivity contribution in [3.05, 3.63) is 53.1 Å². The zero-order valence-electron chi connectivity index (χ0n) is 15.4. The van der Waals surface area contributed by atoms with Gasteiger partial charge in [-0.2, -0.15) is 4.31 Å². The Balaban J connectivity index is 1.53. The minimum Gasteiger partial charge on any atom is -0.497 e. The largest absolute Gasteiger partial charge is 0.497 e. The third-order valence-electron chi connectivity index (χ3n) is 5.38. The molecule has 0 aromatic heterocycles. The van der Waals surface area contributed by atoms with Crippen molar-refractivity contribution < 1.29 is 22.7 Å². The van der Waals surface area contributed by atoms with Crippen LogP contribution in [-0.2, 0) is 10.0 Å². The Kier molecular flexibility index (Phi) is 4.85. The topological polar surface area (TPSA) is 72.9 Å². The van der Waals surface area contributed by atoms with E-state index in [1.807, 2.05) is 0 Å². The van der Waals surface area contributed by atoms with Gasteiger partial charge in [-0.05, 0) is 36.4 Å². The summed E-state index contributed by atoms with van der Waals surface area (Å²) in [7, 11) is -2.05. The molecule has 1 spiro atoms. The monoisotopic (exact) mass is 421 g/mol. The van der Waals surface area contributed by atoms with Crippen LogP contribution in [0, 0.1) is 0 Å². The van der Waals surface area contributed by atoms with E-state index in [0.29, 0.717) is 34.9 Å². The summed E-state index contributed by atoms with van der Waals surface area (Å²) in [4.78, 5) is 12.8. The van der Waals surface area contributed by atoms with E-state index in [0.717, 1.165) is 0 Å². The van der Waals surface area contributed by atoms with Crippen LogP contribution < -0.4 is 9.47 Å². The number of Topliss-reactive ketones (excluding diaryl/α,β-unsaturated/α-hetero) is 1. The smallest absolute Gasteiger partial charge is 0.243 e. The molecule has 0 N–H and O–H groups in total. The number of nitrogens with zero attached hydrogens (tertiary/aromatic N) is 1. The van der Waals surface area contributed by atoms with E-state index in [1.165, 1.54) is 16.4 Å². The highest BCUT2D eigenvalue weighted by Gasteiger charge is 2.45. The Morgan fingerprint density at radius 1 is 1.11 bits per heavy atom. The van der Waals surface area contributed by atoms with Gasteiger partial charge in [0.2, 0.25) is 10.0 Å². The van der Waals surface area contributed by atoms with E-state index in [-0.39, 0.29) is 30.2 Å².